The van der Waals surface area contributed by atoms with Gasteiger partial charge in [-0.25, -0.2) is 28.6 Å². The number of urea groups is 1. The molecule has 2 aromatic rings. The Morgan fingerprint density at radius 2 is 1.92 bits per heavy atom. The molecule has 1 fully saturated rings. The maximum absolute atomic E-state index is 14.5. The highest BCUT2D eigenvalue weighted by atomic mass is 19.1. The Hall–Kier alpha value is -4.40. The topological polar surface area (TPSA) is 139 Å². The number of nitrogens with two attached hydrogens (primary N) is 1. The molecule has 3 heterocycles. The smallest absolute Gasteiger partial charge is 0.341 e. The first kappa shape index (κ1) is 24.7. The van der Waals surface area contributed by atoms with E-state index in [0.29, 0.717) is 38.2 Å². The van der Waals surface area contributed by atoms with Crippen molar-refractivity contribution < 1.29 is 13.6 Å². The standard InChI is InChI=1S/C24H25F2N9O/c1-14(28)21(15(2)29)22-19(26)13-30-23(32-22)33-5-7-34(8-6-33)24(36)35-20(3-4-31-35)17-9-16(12-27)10-18(25)11-17/h4,9-11,13,20,28H,3,5-8,29H2,1-2H3/t20-/m0/s1. The van der Waals surface area contributed by atoms with Crippen LogP contribution in [-0.4, -0.2) is 64.0 Å². The summed E-state index contributed by atoms with van der Waals surface area (Å²) < 4.78 is 28.4. The molecule has 10 nitrogen and oxygen atoms in total. The summed E-state index contributed by atoms with van der Waals surface area (Å²) in [6.45, 7) is 4.54. The molecule has 2 amide bonds. The number of piperazine rings is 1. The van der Waals surface area contributed by atoms with E-state index in [1.54, 1.807) is 24.1 Å². The Morgan fingerprint density at radius 1 is 1.19 bits per heavy atom. The molecule has 2 aliphatic heterocycles. The minimum absolute atomic E-state index is 0.0351. The molecule has 0 saturated carbocycles. The Labute approximate surface area is 206 Å². The normalized spacial score (nSPS) is 18.2. The third-order valence-corrected chi connectivity index (χ3v) is 6.03. The molecule has 0 unspecified atom stereocenters. The molecule has 2 aliphatic rings. The van der Waals surface area contributed by atoms with E-state index in [2.05, 4.69) is 15.1 Å². The second-order valence-corrected chi connectivity index (χ2v) is 8.59. The van der Waals surface area contributed by atoms with Gasteiger partial charge in [0.2, 0.25) is 5.95 Å². The Balaban J connectivity index is 1.47. The first-order valence-electron chi connectivity index (χ1n) is 11.3. The summed E-state index contributed by atoms with van der Waals surface area (Å²) in [5, 5.41) is 22.6. The SMILES string of the molecule is CC(=N)C(=C(C)N)c1nc(N2CCN(C(=O)N3N=CC[C@H]3c3cc(F)cc(C#N)c3)CC2)ncc1F. The fraction of sp³-hybridized carbons (Fsp3) is 0.333. The van der Waals surface area contributed by atoms with Crippen LogP contribution in [0.2, 0.25) is 0 Å². The molecule has 186 valence electrons. The van der Waals surface area contributed by atoms with Gasteiger partial charge in [-0.2, -0.15) is 10.4 Å². The number of amides is 2. The zero-order valence-corrected chi connectivity index (χ0v) is 19.9. The number of nitrogens with one attached hydrogen (secondary N) is 1. The lowest BCUT2D eigenvalue weighted by molar-refractivity contribution is 0.139. The third-order valence-electron chi connectivity index (χ3n) is 6.03. The third kappa shape index (κ3) is 4.86. The monoisotopic (exact) mass is 493 g/mol. The van der Waals surface area contributed by atoms with Gasteiger partial charge in [-0.3, -0.25) is 0 Å². The first-order chi connectivity index (χ1) is 17.2. The second-order valence-electron chi connectivity index (χ2n) is 8.59. The summed E-state index contributed by atoms with van der Waals surface area (Å²) >= 11 is 0. The van der Waals surface area contributed by atoms with Crippen LogP contribution in [-0.2, 0) is 0 Å². The van der Waals surface area contributed by atoms with E-state index in [1.165, 1.54) is 18.0 Å². The van der Waals surface area contributed by atoms with Gasteiger partial charge in [-0.1, -0.05) is 0 Å². The lowest BCUT2D eigenvalue weighted by atomic mass is 10.0. The summed E-state index contributed by atoms with van der Waals surface area (Å²) in [6.07, 6.45) is 3.06. The van der Waals surface area contributed by atoms with Crippen LogP contribution in [0.3, 0.4) is 0 Å². The minimum Gasteiger partial charge on any atom is -0.402 e. The number of anilines is 1. The number of halogens is 2. The maximum atomic E-state index is 14.5. The van der Waals surface area contributed by atoms with E-state index in [1.807, 2.05) is 11.0 Å². The van der Waals surface area contributed by atoms with Gasteiger partial charge in [0.1, 0.15) is 11.5 Å². The molecular weight excluding hydrogens is 468 g/mol. The fourth-order valence-corrected chi connectivity index (χ4v) is 4.33. The van der Waals surface area contributed by atoms with Gasteiger partial charge in [-0.05, 0) is 37.6 Å². The van der Waals surface area contributed by atoms with Crippen molar-refractivity contribution in [2.45, 2.75) is 26.3 Å². The van der Waals surface area contributed by atoms with Crippen molar-refractivity contribution in [3.8, 4) is 6.07 Å². The Morgan fingerprint density at radius 3 is 2.56 bits per heavy atom. The number of rotatable bonds is 4. The number of allylic oxidation sites excluding steroid dienone is 2. The highest BCUT2D eigenvalue weighted by Crippen LogP contribution is 2.31. The van der Waals surface area contributed by atoms with Crippen LogP contribution in [0, 0.1) is 28.4 Å². The molecule has 1 saturated heterocycles. The van der Waals surface area contributed by atoms with Crippen molar-refractivity contribution in [2.24, 2.45) is 10.8 Å². The lowest BCUT2D eigenvalue weighted by Crippen LogP contribution is -2.52. The number of carbonyl (C=O) groups excluding carboxylic acids is 1. The molecule has 3 N–H and O–H groups in total. The van der Waals surface area contributed by atoms with E-state index in [-0.39, 0.29) is 40.2 Å². The molecule has 0 bridgehead atoms. The number of nitrogens with zero attached hydrogens (tertiary/aromatic N) is 7. The first-order valence-corrected chi connectivity index (χ1v) is 11.3. The van der Waals surface area contributed by atoms with Gasteiger partial charge in [-0.15, -0.1) is 0 Å². The summed E-state index contributed by atoms with van der Waals surface area (Å²) in [5.74, 6) is -0.940. The molecular formula is C24H25F2N9O. The number of hydrogen-bond donors (Lipinski definition) is 2. The van der Waals surface area contributed by atoms with Crippen molar-refractivity contribution in [2.75, 3.05) is 31.1 Å². The van der Waals surface area contributed by atoms with Crippen molar-refractivity contribution in [3.63, 3.8) is 0 Å². The molecule has 4 rings (SSSR count). The van der Waals surface area contributed by atoms with Crippen molar-refractivity contribution >= 4 is 29.5 Å². The largest absolute Gasteiger partial charge is 0.402 e. The van der Waals surface area contributed by atoms with E-state index in [4.69, 9.17) is 16.4 Å². The van der Waals surface area contributed by atoms with Gasteiger partial charge in [0.15, 0.2) is 5.82 Å². The van der Waals surface area contributed by atoms with E-state index >= 15 is 0 Å². The average Bonchev–Trinajstić information content (AvgIpc) is 3.34. The predicted octanol–water partition coefficient (Wildman–Crippen LogP) is 3.03. The average molecular weight is 494 g/mol. The molecule has 0 spiro atoms. The summed E-state index contributed by atoms with van der Waals surface area (Å²) in [6, 6.07) is 5.11. The van der Waals surface area contributed by atoms with Gasteiger partial charge >= 0.3 is 6.03 Å². The van der Waals surface area contributed by atoms with Crippen molar-refractivity contribution in [1.82, 2.24) is 19.9 Å². The highest BCUT2D eigenvalue weighted by Gasteiger charge is 2.34. The number of carbonyl (C=O) groups is 1. The summed E-state index contributed by atoms with van der Waals surface area (Å²) in [5.41, 5.74) is 7.10. The molecule has 1 atom stereocenters. The van der Waals surface area contributed by atoms with Crippen LogP contribution in [0.5, 0.6) is 0 Å². The number of nitriles is 1. The van der Waals surface area contributed by atoms with Crippen molar-refractivity contribution in [1.29, 1.82) is 10.7 Å². The van der Waals surface area contributed by atoms with E-state index < -0.39 is 17.7 Å². The van der Waals surface area contributed by atoms with Crippen LogP contribution in [0.25, 0.3) is 5.57 Å². The second kappa shape index (κ2) is 10.1. The van der Waals surface area contributed by atoms with Crippen LogP contribution in [0.4, 0.5) is 19.5 Å². The number of hydrogen-bond acceptors (Lipinski definition) is 8. The van der Waals surface area contributed by atoms with Gasteiger partial charge in [0, 0.05) is 55.8 Å². The minimum atomic E-state index is -0.672. The van der Waals surface area contributed by atoms with Crippen LogP contribution >= 0.6 is 0 Å². The predicted molar refractivity (Wildman–Crippen MR) is 130 cm³/mol. The summed E-state index contributed by atoms with van der Waals surface area (Å²) in [7, 11) is 0. The number of aromatic nitrogens is 2. The Kier molecular flexibility index (Phi) is 6.91. The van der Waals surface area contributed by atoms with Gasteiger partial charge in [0.05, 0.1) is 23.9 Å². The molecule has 12 heteroatoms. The lowest BCUT2D eigenvalue weighted by Gasteiger charge is -2.37. The van der Waals surface area contributed by atoms with Crippen molar-refractivity contribution in [3.05, 3.63) is 58.5 Å². The molecule has 36 heavy (non-hydrogen) atoms. The van der Waals surface area contributed by atoms with Crippen LogP contribution < -0.4 is 10.6 Å². The molecule has 1 aromatic carbocycles. The zero-order chi connectivity index (χ0) is 26.0. The number of hydrazone groups is 1. The van der Waals surface area contributed by atoms with Crippen LogP contribution in [0.15, 0.2) is 35.2 Å². The van der Waals surface area contributed by atoms with Crippen LogP contribution in [0.1, 0.15) is 43.1 Å². The zero-order valence-electron chi connectivity index (χ0n) is 19.9. The molecule has 0 radical (unpaired) electrons. The Bertz CT molecular complexity index is 1310. The van der Waals surface area contributed by atoms with E-state index in [9.17, 15) is 13.6 Å². The molecule has 1 aromatic heterocycles. The van der Waals surface area contributed by atoms with Gasteiger partial charge in [0.25, 0.3) is 0 Å². The quantitative estimate of drug-likeness (QED) is 0.628. The highest BCUT2D eigenvalue weighted by molar-refractivity contribution is 6.21. The fourth-order valence-electron chi connectivity index (χ4n) is 4.33. The number of benzene rings is 1. The summed E-state index contributed by atoms with van der Waals surface area (Å²) in [4.78, 5) is 25.1. The maximum Gasteiger partial charge on any atom is 0.341 e. The van der Waals surface area contributed by atoms with Gasteiger partial charge < -0.3 is 20.9 Å². The molecule has 0 aliphatic carbocycles. The van der Waals surface area contributed by atoms with E-state index in [0.717, 1.165) is 12.3 Å².